The van der Waals surface area contributed by atoms with Crippen LogP contribution < -0.4 is 4.65 Å². The van der Waals surface area contributed by atoms with E-state index >= 15 is 0 Å². The van der Waals surface area contributed by atoms with Gasteiger partial charge in [0, 0.05) is 0 Å². The molecule has 0 atom stereocenters. The highest BCUT2D eigenvalue weighted by atomic mass is 19.2. The number of nitro groups is 1. The maximum atomic E-state index is 12.9. The third-order valence-corrected chi connectivity index (χ3v) is 1.42. The summed E-state index contributed by atoms with van der Waals surface area (Å²) in [5.41, 5.74) is -0.760. The van der Waals surface area contributed by atoms with Crippen LogP contribution in [0.15, 0.2) is 12.1 Å². The molecule has 0 aromatic heterocycles. The van der Waals surface area contributed by atoms with Crippen molar-refractivity contribution in [3.63, 3.8) is 0 Å². The first-order chi connectivity index (χ1) is 6.91. The van der Waals surface area contributed by atoms with Crippen molar-refractivity contribution >= 4 is 13.0 Å². The lowest BCUT2D eigenvalue weighted by Gasteiger charge is -2.05. The molecule has 1 rings (SSSR count). The molecule has 0 bridgehead atoms. The van der Waals surface area contributed by atoms with Gasteiger partial charge < -0.3 is 14.7 Å². The van der Waals surface area contributed by atoms with E-state index in [1.165, 1.54) is 0 Å². The summed E-state index contributed by atoms with van der Waals surface area (Å²) < 4.78 is 29.6. The van der Waals surface area contributed by atoms with E-state index < -0.39 is 35.3 Å². The number of rotatable bonds is 3. The lowest BCUT2D eigenvalue weighted by molar-refractivity contribution is -0.385. The van der Waals surface area contributed by atoms with E-state index in [0.717, 1.165) is 0 Å². The molecular formula is C6H4BF2NO5. The van der Waals surface area contributed by atoms with Crippen LogP contribution in [0.5, 0.6) is 5.75 Å². The summed E-state index contributed by atoms with van der Waals surface area (Å²) in [7, 11) is -2.39. The fourth-order valence-corrected chi connectivity index (χ4v) is 0.855. The summed E-state index contributed by atoms with van der Waals surface area (Å²) in [6.07, 6.45) is 0. The van der Waals surface area contributed by atoms with E-state index in [0.29, 0.717) is 12.1 Å². The van der Waals surface area contributed by atoms with Gasteiger partial charge in [-0.25, -0.2) is 4.39 Å². The van der Waals surface area contributed by atoms with Crippen molar-refractivity contribution in [3.8, 4) is 5.75 Å². The summed E-state index contributed by atoms with van der Waals surface area (Å²) in [6, 6.07) is 0.893. The Morgan fingerprint density at radius 1 is 1.40 bits per heavy atom. The minimum absolute atomic E-state index is 0.353. The van der Waals surface area contributed by atoms with E-state index in [4.69, 9.17) is 10.0 Å². The molecule has 0 saturated carbocycles. The Hall–Kier alpha value is -1.74. The van der Waals surface area contributed by atoms with Crippen LogP contribution in [0.2, 0.25) is 0 Å². The van der Waals surface area contributed by atoms with Gasteiger partial charge in [-0.3, -0.25) is 10.1 Å². The zero-order valence-corrected chi connectivity index (χ0v) is 7.05. The number of hydrogen-bond acceptors (Lipinski definition) is 5. The smallest absolute Gasteiger partial charge is 0.509 e. The number of hydrogen-bond donors (Lipinski definition) is 2. The Kier molecular flexibility index (Phi) is 3.17. The van der Waals surface area contributed by atoms with Crippen LogP contribution in [0.3, 0.4) is 0 Å². The summed E-state index contributed by atoms with van der Waals surface area (Å²) in [5.74, 6) is -4.00. The molecule has 0 unspecified atom stereocenters. The monoisotopic (exact) mass is 219 g/mol. The van der Waals surface area contributed by atoms with E-state index in [-0.39, 0.29) is 0 Å². The third-order valence-electron chi connectivity index (χ3n) is 1.42. The molecular weight excluding hydrogens is 215 g/mol. The van der Waals surface area contributed by atoms with Gasteiger partial charge in [-0.2, -0.15) is 4.39 Å². The predicted octanol–water partition coefficient (Wildman–Crippen LogP) is 0.221. The van der Waals surface area contributed by atoms with Crippen molar-refractivity contribution in [2.24, 2.45) is 0 Å². The van der Waals surface area contributed by atoms with Gasteiger partial charge >= 0.3 is 7.32 Å². The van der Waals surface area contributed by atoms with Crippen LogP contribution >= 0.6 is 0 Å². The Balaban J connectivity index is 3.19. The second kappa shape index (κ2) is 4.19. The molecule has 0 aliphatic carbocycles. The number of halogens is 2. The third kappa shape index (κ3) is 2.61. The van der Waals surface area contributed by atoms with Gasteiger partial charge in [0.05, 0.1) is 17.1 Å². The zero-order valence-electron chi connectivity index (χ0n) is 7.05. The fraction of sp³-hybridized carbons (Fsp3) is 0. The number of benzene rings is 1. The van der Waals surface area contributed by atoms with E-state index in [1.807, 2.05) is 0 Å². The minimum Gasteiger partial charge on any atom is -0.509 e. The Bertz CT molecular complexity index is 399. The van der Waals surface area contributed by atoms with Crippen LogP contribution in [-0.4, -0.2) is 22.3 Å². The highest BCUT2D eigenvalue weighted by Gasteiger charge is 2.21. The van der Waals surface area contributed by atoms with Gasteiger partial charge in [0.15, 0.2) is 11.6 Å². The van der Waals surface area contributed by atoms with Crippen LogP contribution in [0.4, 0.5) is 14.5 Å². The summed E-state index contributed by atoms with van der Waals surface area (Å²) in [6.45, 7) is 0. The predicted molar refractivity (Wildman–Crippen MR) is 43.8 cm³/mol. The molecule has 0 amide bonds. The van der Waals surface area contributed by atoms with Crippen LogP contribution in [-0.2, 0) is 0 Å². The molecule has 80 valence electrons. The summed E-state index contributed by atoms with van der Waals surface area (Å²) in [4.78, 5) is 9.27. The number of nitro benzene ring substituents is 1. The molecule has 9 heteroatoms. The number of nitrogens with zero attached hydrogens (tertiary/aromatic N) is 1. The first kappa shape index (κ1) is 11.3. The molecule has 0 aliphatic heterocycles. The Morgan fingerprint density at radius 2 is 2.00 bits per heavy atom. The lowest BCUT2D eigenvalue weighted by atomic mass is 10.2. The molecule has 0 heterocycles. The molecule has 0 radical (unpaired) electrons. The van der Waals surface area contributed by atoms with Gasteiger partial charge in [0.25, 0.3) is 5.69 Å². The molecule has 2 N–H and O–H groups in total. The maximum absolute atomic E-state index is 12.9. The molecule has 0 saturated heterocycles. The summed E-state index contributed by atoms with van der Waals surface area (Å²) >= 11 is 0. The van der Waals surface area contributed by atoms with Crippen molar-refractivity contribution in [1.82, 2.24) is 0 Å². The zero-order chi connectivity index (χ0) is 11.6. The molecule has 6 nitrogen and oxygen atoms in total. The van der Waals surface area contributed by atoms with Crippen LogP contribution in [0, 0.1) is 21.7 Å². The van der Waals surface area contributed by atoms with Crippen LogP contribution in [0.1, 0.15) is 0 Å². The van der Waals surface area contributed by atoms with Gasteiger partial charge in [0.2, 0.25) is 0 Å². The van der Waals surface area contributed by atoms with Gasteiger partial charge in [-0.15, -0.1) is 0 Å². The highest BCUT2D eigenvalue weighted by Crippen LogP contribution is 2.26. The fourth-order valence-electron chi connectivity index (χ4n) is 0.855. The topological polar surface area (TPSA) is 92.8 Å². The molecule has 0 aliphatic rings. The Morgan fingerprint density at radius 3 is 2.47 bits per heavy atom. The average Bonchev–Trinajstić information content (AvgIpc) is 2.11. The van der Waals surface area contributed by atoms with Crippen molar-refractivity contribution in [1.29, 1.82) is 0 Å². The van der Waals surface area contributed by atoms with Crippen molar-refractivity contribution in [2.45, 2.75) is 0 Å². The van der Waals surface area contributed by atoms with Crippen LogP contribution in [0.25, 0.3) is 0 Å². The second-order valence-corrected chi connectivity index (χ2v) is 2.44. The highest BCUT2D eigenvalue weighted by molar-refractivity contribution is 6.33. The standard InChI is InChI=1S/C6H4BF2NO5/c8-4-1-3(10(13)14)2-5(6(4)9)15-7(11)12/h1-2,11-12H. The van der Waals surface area contributed by atoms with Crippen molar-refractivity contribution < 1.29 is 28.4 Å². The molecule has 15 heavy (non-hydrogen) atoms. The first-order valence-electron chi connectivity index (χ1n) is 3.58. The van der Waals surface area contributed by atoms with Gasteiger partial charge in [-0.05, 0) is 0 Å². The van der Waals surface area contributed by atoms with E-state index in [1.54, 1.807) is 0 Å². The number of non-ortho nitro benzene ring substituents is 1. The van der Waals surface area contributed by atoms with Crippen molar-refractivity contribution in [2.75, 3.05) is 0 Å². The quantitative estimate of drug-likeness (QED) is 0.430. The average molecular weight is 219 g/mol. The first-order valence-corrected chi connectivity index (χ1v) is 3.58. The minimum atomic E-state index is -2.39. The van der Waals surface area contributed by atoms with E-state index in [2.05, 4.69) is 4.65 Å². The van der Waals surface area contributed by atoms with Crippen molar-refractivity contribution in [3.05, 3.63) is 33.9 Å². The lowest BCUT2D eigenvalue weighted by Crippen LogP contribution is -2.21. The van der Waals surface area contributed by atoms with E-state index in [9.17, 15) is 18.9 Å². The van der Waals surface area contributed by atoms with Gasteiger partial charge in [0.1, 0.15) is 5.75 Å². The summed E-state index contributed by atoms with van der Waals surface area (Å²) in [5, 5.41) is 26.9. The maximum Gasteiger partial charge on any atom is 0.707 e. The molecule has 1 aromatic carbocycles. The molecule has 0 spiro atoms. The van der Waals surface area contributed by atoms with Gasteiger partial charge in [-0.1, -0.05) is 0 Å². The molecule has 1 aromatic rings. The normalized spacial score (nSPS) is 9.87. The SMILES string of the molecule is O=[N+]([O-])c1cc(F)c(F)c(OB(O)O)c1. The second-order valence-electron chi connectivity index (χ2n) is 2.44. The largest absolute Gasteiger partial charge is 0.707 e. The Labute approximate surface area is 82.0 Å². The molecule has 0 fully saturated rings.